The zero-order valence-electron chi connectivity index (χ0n) is 16.8. The molecule has 8 nitrogen and oxygen atoms in total. The number of aromatic nitrogens is 2. The molecule has 3 N–H and O–H groups in total. The summed E-state index contributed by atoms with van der Waals surface area (Å²) in [7, 11) is 0. The molecule has 0 aliphatic rings. The molecule has 4 aromatic rings. The number of anilines is 1. The predicted octanol–water partition coefficient (Wildman–Crippen LogP) is 5.42. The van der Waals surface area contributed by atoms with Crippen LogP contribution in [-0.2, 0) is 0 Å². The number of nitrogens with zero attached hydrogens (tertiary/aromatic N) is 4. The normalized spacial score (nSPS) is 11.0. The molecule has 152 valence electrons. The Hall–Kier alpha value is -4.51. The first kappa shape index (κ1) is 19.8. The van der Waals surface area contributed by atoms with Crippen LogP contribution in [0.15, 0.2) is 65.0 Å². The number of aromatic amines is 1. The monoisotopic (exact) mass is 410 g/mol. The molecule has 0 unspecified atom stereocenters. The van der Waals surface area contributed by atoms with Crippen molar-refractivity contribution >= 4 is 33.9 Å². The summed E-state index contributed by atoms with van der Waals surface area (Å²) in [4.78, 5) is 13.0. The number of carbonyl (C=O) groups excluding carboxylic acids is 1. The number of carbonyl (C=O) groups is 1. The molecule has 8 heteroatoms. The van der Waals surface area contributed by atoms with E-state index in [0.717, 1.165) is 11.1 Å². The first-order chi connectivity index (χ1) is 15.0. The van der Waals surface area contributed by atoms with E-state index in [4.69, 9.17) is 5.26 Å². The van der Waals surface area contributed by atoms with Gasteiger partial charge in [0.15, 0.2) is 11.6 Å². The van der Waals surface area contributed by atoms with Gasteiger partial charge in [-0.3, -0.25) is 9.89 Å². The quantitative estimate of drug-likeness (QED) is 0.388. The van der Waals surface area contributed by atoms with E-state index in [9.17, 15) is 9.90 Å². The number of azo groups is 1. The fourth-order valence-corrected chi connectivity index (χ4v) is 3.27. The third-order valence-electron chi connectivity index (χ3n) is 4.86. The van der Waals surface area contributed by atoms with Crippen LogP contribution in [-0.4, -0.2) is 21.2 Å². The molecule has 0 bridgehead atoms. The number of hydrogen-bond donors (Lipinski definition) is 3. The molecule has 31 heavy (non-hydrogen) atoms. The maximum absolute atomic E-state index is 13.0. The Morgan fingerprint density at radius 1 is 1.16 bits per heavy atom. The van der Waals surface area contributed by atoms with E-state index in [2.05, 4.69) is 25.7 Å². The van der Waals surface area contributed by atoms with Crippen molar-refractivity contribution in [2.75, 3.05) is 5.32 Å². The summed E-state index contributed by atoms with van der Waals surface area (Å²) in [6.45, 7) is 3.88. The number of nitriles is 1. The molecule has 3 aromatic carbocycles. The van der Waals surface area contributed by atoms with Gasteiger partial charge in [0.1, 0.15) is 17.3 Å². The molecule has 4 rings (SSSR count). The number of nitrogens with one attached hydrogen (secondary N) is 2. The topological polar surface area (TPSA) is 127 Å². The summed E-state index contributed by atoms with van der Waals surface area (Å²) >= 11 is 0. The number of aromatic hydroxyl groups is 1. The van der Waals surface area contributed by atoms with Crippen molar-refractivity contribution in [3.63, 3.8) is 0 Å². The fraction of sp³-hybridized carbons (Fsp3) is 0.0870. The van der Waals surface area contributed by atoms with Crippen molar-refractivity contribution in [2.45, 2.75) is 13.8 Å². The third-order valence-corrected chi connectivity index (χ3v) is 4.86. The van der Waals surface area contributed by atoms with Gasteiger partial charge in [0, 0.05) is 11.1 Å². The SMILES string of the molecule is Cc1ccc(NC(=O)c2cc3ccccc3c(N=Nc3[nH]ncc3C#N)c2O)c(C)c1. The van der Waals surface area contributed by atoms with Gasteiger partial charge in [0.2, 0.25) is 0 Å². The number of hydrogen-bond acceptors (Lipinski definition) is 6. The van der Waals surface area contributed by atoms with E-state index in [1.165, 1.54) is 6.20 Å². The van der Waals surface area contributed by atoms with E-state index in [0.29, 0.717) is 16.5 Å². The molecular formula is C23H18N6O2. The summed E-state index contributed by atoms with van der Waals surface area (Å²) in [6.07, 6.45) is 1.33. The molecule has 1 aromatic heterocycles. The summed E-state index contributed by atoms with van der Waals surface area (Å²) < 4.78 is 0. The zero-order chi connectivity index (χ0) is 22.0. The van der Waals surface area contributed by atoms with Crippen LogP contribution in [0.4, 0.5) is 17.2 Å². The second kappa shape index (κ2) is 8.08. The highest BCUT2D eigenvalue weighted by Gasteiger charge is 2.19. The predicted molar refractivity (Wildman–Crippen MR) is 117 cm³/mol. The molecule has 0 spiro atoms. The van der Waals surface area contributed by atoms with Crippen LogP contribution in [0.2, 0.25) is 0 Å². The van der Waals surface area contributed by atoms with Crippen molar-refractivity contribution in [3.05, 3.63) is 77.0 Å². The molecule has 0 aliphatic heterocycles. The fourth-order valence-electron chi connectivity index (χ4n) is 3.27. The standard InChI is InChI=1S/C23H18N6O2/c1-13-7-8-19(14(2)9-13)26-23(31)18-10-15-5-3-4-6-17(15)20(21(18)30)27-29-22-16(11-24)12-25-28-22/h3-10,12,30H,1-2H3,(H,25,28)(H,26,31). The molecule has 0 fully saturated rings. The van der Waals surface area contributed by atoms with Crippen LogP contribution < -0.4 is 5.32 Å². The van der Waals surface area contributed by atoms with E-state index in [1.54, 1.807) is 18.2 Å². The van der Waals surface area contributed by atoms with E-state index >= 15 is 0 Å². The van der Waals surface area contributed by atoms with Gasteiger partial charge in [-0.25, -0.2) is 0 Å². The van der Waals surface area contributed by atoms with Gasteiger partial charge in [-0.15, -0.1) is 10.2 Å². The Balaban J connectivity index is 1.79. The molecule has 0 radical (unpaired) electrons. The Kier molecular flexibility index (Phi) is 5.16. The third kappa shape index (κ3) is 3.84. The first-order valence-corrected chi connectivity index (χ1v) is 9.46. The zero-order valence-corrected chi connectivity index (χ0v) is 16.8. The highest BCUT2D eigenvalue weighted by Crippen LogP contribution is 2.39. The highest BCUT2D eigenvalue weighted by atomic mass is 16.3. The summed E-state index contributed by atoms with van der Waals surface area (Å²) in [5, 5.41) is 38.7. The van der Waals surface area contributed by atoms with Gasteiger partial charge >= 0.3 is 0 Å². The number of phenolic OH excluding ortho intramolecular Hbond substituents is 1. The van der Waals surface area contributed by atoms with Crippen LogP contribution >= 0.6 is 0 Å². The molecule has 0 saturated carbocycles. The van der Waals surface area contributed by atoms with Crippen molar-refractivity contribution in [1.82, 2.24) is 10.2 Å². The number of amides is 1. The molecule has 0 saturated heterocycles. The second-order valence-electron chi connectivity index (χ2n) is 7.06. The average Bonchev–Trinajstić information content (AvgIpc) is 3.22. The largest absolute Gasteiger partial charge is 0.505 e. The number of benzene rings is 3. The van der Waals surface area contributed by atoms with Gasteiger partial charge in [-0.05, 0) is 36.9 Å². The molecular weight excluding hydrogens is 392 g/mol. The Labute approximate surface area is 177 Å². The number of H-pyrrole nitrogens is 1. The number of phenols is 1. The maximum Gasteiger partial charge on any atom is 0.259 e. The number of rotatable bonds is 4. The van der Waals surface area contributed by atoms with Crippen molar-refractivity contribution in [3.8, 4) is 11.8 Å². The summed E-state index contributed by atoms with van der Waals surface area (Å²) in [6, 6.07) is 16.5. The van der Waals surface area contributed by atoms with Crippen LogP contribution in [0.25, 0.3) is 10.8 Å². The minimum absolute atomic E-state index is 0.0674. The van der Waals surface area contributed by atoms with Gasteiger partial charge in [0.05, 0.1) is 11.8 Å². The summed E-state index contributed by atoms with van der Waals surface area (Å²) in [5.41, 5.74) is 3.07. The molecule has 1 amide bonds. The van der Waals surface area contributed by atoms with Gasteiger partial charge in [0.25, 0.3) is 5.91 Å². The lowest BCUT2D eigenvalue weighted by atomic mass is 10.0. The van der Waals surface area contributed by atoms with E-state index < -0.39 is 5.91 Å². The van der Waals surface area contributed by atoms with Crippen molar-refractivity contribution < 1.29 is 9.90 Å². The second-order valence-corrected chi connectivity index (χ2v) is 7.06. The molecule has 1 heterocycles. The van der Waals surface area contributed by atoms with Crippen LogP contribution in [0, 0.1) is 25.2 Å². The molecule has 0 atom stereocenters. The first-order valence-electron chi connectivity index (χ1n) is 9.46. The van der Waals surface area contributed by atoms with Crippen molar-refractivity contribution in [2.24, 2.45) is 10.2 Å². The Morgan fingerprint density at radius 3 is 2.74 bits per heavy atom. The summed E-state index contributed by atoms with van der Waals surface area (Å²) in [5.74, 6) is -0.607. The van der Waals surface area contributed by atoms with Crippen molar-refractivity contribution in [1.29, 1.82) is 5.26 Å². The average molecular weight is 410 g/mol. The van der Waals surface area contributed by atoms with Crippen LogP contribution in [0.5, 0.6) is 5.75 Å². The van der Waals surface area contributed by atoms with Crippen LogP contribution in [0.3, 0.4) is 0 Å². The maximum atomic E-state index is 13.0. The minimum atomic E-state index is -0.467. The highest BCUT2D eigenvalue weighted by molar-refractivity contribution is 6.12. The van der Waals surface area contributed by atoms with E-state index in [-0.39, 0.29) is 28.4 Å². The van der Waals surface area contributed by atoms with Gasteiger partial charge < -0.3 is 10.4 Å². The number of aryl methyl sites for hydroxylation is 2. The number of fused-ring (bicyclic) bond motifs is 1. The van der Waals surface area contributed by atoms with Crippen LogP contribution in [0.1, 0.15) is 27.0 Å². The van der Waals surface area contributed by atoms with Gasteiger partial charge in [-0.1, -0.05) is 42.0 Å². The van der Waals surface area contributed by atoms with Gasteiger partial charge in [-0.2, -0.15) is 10.4 Å². The lowest BCUT2D eigenvalue weighted by Crippen LogP contribution is -2.13. The van der Waals surface area contributed by atoms with E-state index in [1.807, 2.05) is 50.2 Å². The smallest absolute Gasteiger partial charge is 0.259 e. The lowest BCUT2D eigenvalue weighted by Gasteiger charge is -2.12. The Bertz CT molecular complexity index is 1380. The minimum Gasteiger partial charge on any atom is -0.505 e. The molecule has 0 aliphatic carbocycles. The Morgan fingerprint density at radius 2 is 1.97 bits per heavy atom. The lowest BCUT2D eigenvalue weighted by molar-refractivity contribution is 0.102.